The highest BCUT2D eigenvalue weighted by molar-refractivity contribution is 7.99. The Morgan fingerprint density at radius 3 is 2.71 bits per heavy atom. The van der Waals surface area contributed by atoms with Crippen LogP contribution in [0.3, 0.4) is 0 Å². The predicted molar refractivity (Wildman–Crippen MR) is 84.4 cm³/mol. The summed E-state index contributed by atoms with van der Waals surface area (Å²) in [5.74, 6) is -0.699. The van der Waals surface area contributed by atoms with E-state index in [1.54, 1.807) is 24.9 Å². The van der Waals surface area contributed by atoms with Gasteiger partial charge in [-0.05, 0) is 50.3 Å². The maximum absolute atomic E-state index is 14.0. The number of hydrogen-bond donors (Lipinski definition) is 2. The van der Waals surface area contributed by atoms with Gasteiger partial charge in [0.05, 0.1) is 0 Å². The van der Waals surface area contributed by atoms with Crippen LogP contribution in [0.15, 0.2) is 23.1 Å². The predicted octanol–water partition coefficient (Wildman–Crippen LogP) is 2.11. The highest BCUT2D eigenvalue weighted by Crippen LogP contribution is 2.29. The van der Waals surface area contributed by atoms with Gasteiger partial charge in [0, 0.05) is 17.8 Å². The molecular weight excluding hydrogens is 311 g/mol. The van der Waals surface area contributed by atoms with E-state index in [0.717, 1.165) is 24.8 Å². The fourth-order valence-electron chi connectivity index (χ4n) is 2.62. The standard InChI is InChI=1S/C14H21FN2O2S2/c1-16-9-10-3-6-14(13(15)7-10)21(18,19)17-11-4-5-12(8-11)20-2/h3,6-7,11-12,16-17H,4-5,8-9H2,1-2H3. The number of nitrogens with one attached hydrogen (secondary N) is 2. The normalized spacial score (nSPS) is 22.6. The number of rotatable bonds is 6. The molecule has 7 heteroatoms. The van der Waals surface area contributed by atoms with Crippen LogP contribution in [0, 0.1) is 5.82 Å². The molecule has 4 nitrogen and oxygen atoms in total. The van der Waals surface area contributed by atoms with E-state index in [0.29, 0.717) is 11.8 Å². The van der Waals surface area contributed by atoms with Crippen LogP contribution in [0.2, 0.25) is 0 Å². The molecule has 2 atom stereocenters. The van der Waals surface area contributed by atoms with Gasteiger partial charge < -0.3 is 5.32 Å². The molecule has 0 spiro atoms. The van der Waals surface area contributed by atoms with Crippen molar-refractivity contribution in [3.05, 3.63) is 29.6 Å². The lowest BCUT2D eigenvalue weighted by Gasteiger charge is -2.14. The zero-order valence-corrected chi connectivity index (χ0v) is 13.9. The quantitative estimate of drug-likeness (QED) is 0.838. The molecule has 0 aromatic heterocycles. The smallest absolute Gasteiger partial charge is 0.243 e. The SMILES string of the molecule is CNCc1ccc(S(=O)(=O)NC2CCC(SC)C2)c(F)c1. The van der Waals surface area contributed by atoms with Gasteiger partial charge in [-0.1, -0.05) is 6.07 Å². The zero-order chi connectivity index (χ0) is 15.5. The maximum Gasteiger partial charge on any atom is 0.243 e. The van der Waals surface area contributed by atoms with Crippen molar-refractivity contribution in [3.8, 4) is 0 Å². The molecule has 0 amide bonds. The van der Waals surface area contributed by atoms with E-state index in [9.17, 15) is 12.8 Å². The molecule has 1 aliphatic carbocycles. The topological polar surface area (TPSA) is 58.2 Å². The molecule has 118 valence electrons. The van der Waals surface area contributed by atoms with Gasteiger partial charge in [0.2, 0.25) is 10.0 Å². The Labute approximate surface area is 129 Å². The number of halogens is 1. The summed E-state index contributed by atoms with van der Waals surface area (Å²) in [5, 5.41) is 3.39. The van der Waals surface area contributed by atoms with Crippen molar-refractivity contribution in [1.29, 1.82) is 0 Å². The van der Waals surface area contributed by atoms with Gasteiger partial charge >= 0.3 is 0 Å². The average Bonchev–Trinajstić information content (AvgIpc) is 2.85. The first kappa shape index (κ1) is 16.7. The lowest BCUT2D eigenvalue weighted by atomic mass is 10.2. The molecule has 0 heterocycles. The molecule has 0 bridgehead atoms. The molecule has 1 aromatic rings. The molecule has 1 aromatic carbocycles. The molecule has 2 rings (SSSR count). The average molecular weight is 332 g/mol. The maximum atomic E-state index is 14.0. The summed E-state index contributed by atoms with van der Waals surface area (Å²) in [4.78, 5) is -0.269. The van der Waals surface area contributed by atoms with Gasteiger partial charge in [0.1, 0.15) is 10.7 Å². The van der Waals surface area contributed by atoms with Gasteiger partial charge in [-0.2, -0.15) is 11.8 Å². The molecular formula is C14H21FN2O2S2. The highest BCUT2D eigenvalue weighted by atomic mass is 32.2. The van der Waals surface area contributed by atoms with Crippen molar-refractivity contribution < 1.29 is 12.8 Å². The van der Waals surface area contributed by atoms with E-state index in [-0.39, 0.29) is 10.9 Å². The van der Waals surface area contributed by atoms with Crippen LogP contribution in [-0.4, -0.2) is 33.0 Å². The number of benzene rings is 1. The Hall–Kier alpha value is -0.630. The molecule has 0 radical (unpaired) electrons. The summed E-state index contributed by atoms with van der Waals surface area (Å²) in [5.41, 5.74) is 0.720. The van der Waals surface area contributed by atoms with E-state index in [2.05, 4.69) is 10.0 Å². The first-order chi connectivity index (χ1) is 9.96. The van der Waals surface area contributed by atoms with Crippen LogP contribution in [0.1, 0.15) is 24.8 Å². The molecule has 21 heavy (non-hydrogen) atoms. The van der Waals surface area contributed by atoms with E-state index in [4.69, 9.17) is 0 Å². The third-order valence-electron chi connectivity index (χ3n) is 3.71. The van der Waals surface area contributed by atoms with Crippen molar-refractivity contribution in [2.75, 3.05) is 13.3 Å². The van der Waals surface area contributed by atoms with Crippen LogP contribution in [-0.2, 0) is 16.6 Å². The molecule has 2 unspecified atom stereocenters. The Bertz CT molecular complexity index is 593. The first-order valence-corrected chi connectivity index (χ1v) is 9.71. The molecule has 2 N–H and O–H groups in total. The summed E-state index contributed by atoms with van der Waals surface area (Å²) < 4.78 is 41.3. The van der Waals surface area contributed by atoms with Gasteiger partial charge in [-0.3, -0.25) is 0 Å². The van der Waals surface area contributed by atoms with E-state index in [1.165, 1.54) is 12.1 Å². The zero-order valence-electron chi connectivity index (χ0n) is 12.2. The minimum absolute atomic E-state index is 0.0937. The summed E-state index contributed by atoms with van der Waals surface area (Å²) >= 11 is 1.75. The first-order valence-electron chi connectivity index (χ1n) is 6.94. The third-order valence-corrected chi connectivity index (χ3v) is 6.35. The highest BCUT2D eigenvalue weighted by Gasteiger charge is 2.29. The van der Waals surface area contributed by atoms with Crippen LogP contribution >= 0.6 is 11.8 Å². The van der Waals surface area contributed by atoms with Crippen LogP contribution in [0.4, 0.5) is 4.39 Å². The number of thioether (sulfide) groups is 1. The lowest BCUT2D eigenvalue weighted by Crippen LogP contribution is -2.33. The van der Waals surface area contributed by atoms with E-state index >= 15 is 0 Å². The summed E-state index contributed by atoms with van der Waals surface area (Å²) in [6, 6.07) is 4.15. The fourth-order valence-corrected chi connectivity index (χ4v) is 4.76. The van der Waals surface area contributed by atoms with Crippen LogP contribution in [0.25, 0.3) is 0 Å². The molecule has 0 saturated heterocycles. The van der Waals surface area contributed by atoms with Gasteiger partial charge in [-0.15, -0.1) is 0 Å². The largest absolute Gasteiger partial charge is 0.316 e. The molecule has 1 saturated carbocycles. The van der Waals surface area contributed by atoms with Gasteiger partial charge in [-0.25, -0.2) is 17.5 Å². The van der Waals surface area contributed by atoms with Gasteiger partial charge in [0.25, 0.3) is 0 Å². The molecule has 0 aliphatic heterocycles. The van der Waals surface area contributed by atoms with Crippen molar-refractivity contribution in [1.82, 2.24) is 10.0 Å². The lowest BCUT2D eigenvalue weighted by molar-refractivity contribution is 0.536. The van der Waals surface area contributed by atoms with Crippen LogP contribution in [0.5, 0.6) is 0 Å². The second-order valence-electron chi connectivity index (χ2n) is 5.28. The minimum Gasteiger partial charge on any atom is -0.316 e. The Morgan fingerprint density at radius 1 is 1.38 bits per heavy atom. The van der Waals surface area contributed by atoms with E-state index in [1.807, 2.05) is 6.26 Å². The van der Waals surface area contributed by atoms with Crippen molar-refractivity contribution in [2.24, 2.45) is 0 Å². The Morgan fingerprint density at radius 2 is 2.14 bits per heavy atom. The Balaban J connectivity index is 2.12. The summed E-state index contributed by atoms with van der Waals surface area (Å²) in [6.07, 6.45) is 4.64. The second kappa shape index (κ2) is 7.09. The minimum atomic E-state index is -3.79. The van der Waals surface area contributed by atoms with Crippen LogP contribution < -0.4 is 10.0 Å². The van der Waals surface area contributed by atoms with Gasteiger partial charge in [0.15, 0.2) is 0 Å². The molecule has 1 aliphatic rings. The summed E-state index contributed by atoms with van der Waals surface area (Å²) in [6.45, 7) is 0.503. The fraction of sp³-hybridized carbons (Fsp3) is 0.571. The third kappa shape index (κ3) is 4.18. The molecule has 1 fully saturated rings. The van der Waals surface area contributed by atoms with Crippen molar-refractivity contribution >= 4 is 21.8 Å². The monoisotopic (exact) mass is 332 g/mol. The number of sulfonamides is 1. The van der Waals surface area contributed by atoms with Crippen molar-refractivity contribution in [2.45, 2.75) is 42.0 Å². The second-order valence-corrected chi connectivity index (χ2v) is 8.10. The number of hydrogen-bond acceptors (Lipinski definition) is 4. The Kier molecular flexibility index (Phi) is 5.65. The van der Waals surface area contributed by atoms with Crippen molar-refractivity contribution in [3.63, 3.8) is 0 Å². The summed E-state index contributed by atoms with van der Waals surface area (Å²) in [7, 11) is -2.04. The van der Waals surface area contributed by atoms with E-state index < -0.39 is 15.8 Å².